The number of anilines is 1. The third-order valence-corrected chi connectivity index (χ3v) is 2.48. The lowest BCUT2D eigenvalue weighted by molar-refractivity contribution is -0.116. The minimum absolute atomic E-state index is 0.133. The van der Waals surface area contributed by atoms with Gasteiger partial charge in [-0.1, -0.05) is 13.8 Å². The van der Waals surface area contributed by atoms with E-state index in [2.05, 4.69) is 34.4 Å². The number of aromatic nitrogens is 2. The first kappa shape index (κ1) is 16.2. The predicted octanol–water partition coefficient (Wildman–Crippen LogP) is 1.21. The summed E-state index contributed by atoms with van der Waals surface area (Å²) in [4.78, 5) is 19.8. The van der Waals surface area contributed by atoms with Crippen molar-refractivity contribution in [1.82, 2.24) is 15.3 Å². The van der Waals surface area contributed by atoms with E-state index in [0.717, 1.165) is 13.0 Å². The van der Waals surface area contributed by atoms with Crippen molar-refractivity contribution in [2.75, 3.05) is 26.1 Å². The summed E-state index contributed by atoms with van der Waals surface area (Å²) >= 11 is 0. The van der Waals surface area contributed by atoms with E-state index < -0.39 is 0 Å². The summed E-state index contributed by atoms with van der Waals surface area (Å²) in [6.07, 6.45) is 1.16. The number of hydrogen-bond acceptors (Lipinski definition) is 6. The summed E-state index contributed by atoms with van der Waals surface area (Å²) < 4.78 is 10.0. The van der Waals surface area contributed by atoms with Gasteiger partial charge in [0.25, 0.3) is 0 Å². The number of nitrogens with zero attached hydrogens (tertiary/aromatic N) is 2. The van der Waals surface area contributed by atoms with Crippen LogP contribution in [0.2, 0.25) is 0 Å². The van der Waals surface area contributed by atoms with Crippen LogP contribution in [0.15, 0.2) is 6.07 Å². The Hall–Kier alpha value is -1.89. The van der Waals surface area contributed by atoms with Crippen LogP contribution in [0.5, 0.6) is 11.8 Å². The normalized spacial score (nSPS) is 10.4. The van der Waals surface area contributed by atoms with Crippen molar-refractivity contribution >= 4 is 11.9 Å². The van der Waals surface area contributed by atoms with E-state index in [9.17, 15) is 4.79 Å². The Labute approximate surface area is 119 Å². The molecule has 1 rings (SSSR count). The van der Waals surface area contributed by atoms with Gasteiger partial charge in [-0.25, -0.2) is 0 Å². The fourth-order valence-electron chi connectivity index (χ4n) is 1.50. The van der Waals surface area contributed by atoms with E-state index in [1.165, 1.54) is 14.2 Å². The molecule has 0 bridgehead atoms. The number of rotatable bonds is 8. The van der Waals surface area contributed by atoms with Crippen LogP contribution in [0.3, 0.4) is 0 Å². The molecule has 0 radical (unpaired) electrons. The van der Waals surface area contributed by atoms with Gasteiger partial charge in [-0.2, -0.15) is 9.97 Å². The summed E-state index contributed by atoms with van der Waals surface area (Å²) in [7, 11) is 2.98. The van der Waals surface area contributed by atoms with Crippen molar-refractivity contribution in [2.24, 2.45) is 0 Å². The molecule has 1 aromatic heterocycles. The van der Waals surface area contributed by atoms with Gasteiger partial charge in [-0.3, -0.25) is 10.1 Å². The van der Waals surface area contributed by atoms with Gasteiger partial charge >= 0.3 is 0 Å². The molecule has 1 aromatic rings. The molecule has 1 heterocycles. The molecule has 2 N–H and O–H groups in total. The SMILES string of the molecule is COc1cc(OC)nc(NC(=O)CCCNC(C)C)n1. The van der Waals surface area contributed by atoms with Crippen molar-refractivity contribution in [3.63, 3.8) is 0 Å². The van der Waals surface area contributed by atoms with Gasteiger partial charge in [0.2, 0.25) is 23.6 Å². The fraction of sp³-hybridized carbons (Fsp3) is 0.615. The number of amides is 1. The molecule has 0 aliphatic rings. The van der Waals surface area contributed by atoms with Crippen molar-refractivity contribution in [2.45, 2.75) is 32.7 Å². The van der Waals surface area contributed by atoms with E-state index in [4.69, 9.17) is 9.47 Å². The second kappa shape index (κ2) is 8.31. The second-order valence-corrected chi connectivity index (χ2v) is 4.54. The molecule has 0 aliphatic carbocycles. The highest BCUT2D eigenvalue weighted by Gasteiger charge is 2.09. The van der Waals surface area contributed by atoms with Gasteiger partial charge in [-0.15, -0.1) is 0 Å². The maximum Gasteiger partial charge on any atom is 0.236 e. The quantitative estimate of drug-likeness (QED) is 0.697. The van der Waals surface area contributed by atoms with Crippen molar-refractivity contribution in [1.29, 1.82) is 0 Å². The first-order valence-corrected chi connectivity index (χ1v) is 6.55. The molecule has 1 amide bonds. The number of carbonyl (C=O) groups excluding carboxylic acids is 1. The lowest BCUT2D eigenvalue weighted by atomic mass is 10.3. The van der Waals surface area contributed by atoms with Crippen molar-refractivity contribution < 1.29 is 14.3 Å². The average molecular weight is 282 g/mol. The van der Waals surface area contributed by atoms with E-state index in [1.807, 2.05) is 0 Å². The van der Waals surface area contributed by atoms with E-state index >= 15 is 0 Å². The molecule has 0 unspecified atom stereocenters. The van der Waals surface area contributed by atoms with Gasteiger partial charge in [0.15, 0.2) is 0 Å². The van der Waals surface area contributed by atoms with Crippen LogP contribution in [-0.2, 0) is 4.79 Å². The Morgan fingerprint density at radius 3 is 2.35 bits per heavy atom. The van der Waals surface area contributed by atoms with Gasteiger partial charge in [0.1, 0.15) is 0 Å². The smallest absolute Gasteiger partial charge is 0.236 e. The molecule has 7 heteroatoms. The number of ether oxygens (including phenoxy) is 2. The molecule has 0 aromatic carbocycles. The average Bonchev–Trinajstić information content (AvgIpc) is 2.42. The van der Waals surface area contributed by atoms with Gasteiger partial charge in [-0.05, 0) is 13.0 Å². The zero-order chi connectivity index (χ0) is 15.0. The third-order valence-electron chi connectivity index (χ3n) is 2.48. The van der Waals surface area contributed by atoms with Crippen LogP contribution in [0.1, 0.15) is 26.7 Å². The number of hydrogen-bond donors (Lipinski definition) is 2. The highest BCUT2D eigenvalue weighted by Crippen LogP contribution is 2.17. The summed E-state index contributed by atoms with van der Waals surface area (Å²) in [6, 6.07) is 1.96. The molecule has 0 fully saturated rings. The molecule has 0 spiro atoms. The predicted molar refractivity (Wildman–Crippen MR) is 76.1 cm³/mol. The van der Waals surface area contributed by atoms with E-state index in [1.54, 1.807) is 6.07 Å². The Morgan fingerprint density at radius 2 is 1.85 bits per heavy atom. The molecule has 7 nitrogen and oxygen atoms in total. The zero-order valence-electron chi connectivity index (χ0n) is 12.4. The first-order valence-electron chi connectivity index (χ1n) is 6.55. The highest BCUT2D eigenvalue weighted by atomic mass is 16.5. The second-order valence-electron chi connectivity index (χ2n) is 4.54. The highest BCUT2D eigenvalue weighted by molar-refractivity contribution is 5.88. The van der Waals surface area contributed by atoms with Crippen LogP contribution in [0.25, 0.3) is 0 Å². The standard InChI is InChI=1S/C13H22N4O3/c1-9(2)14-7-5-6-10(18)15-13-16-11(19-3)8-12(17-13)20-4/h8-9,14H,5-7H2,1-4H3,(H,15,16,17,18). The van der Waals surface area contributed by atoms with Gasteiger partial charge in [0.05, 0.1) is 20.3 Å². The van der Waals surface area contributed by atoms with Crippen LogP contribution >= 0.6 is 0 Å². The molecule has 0 aliphatic heterocycles. The van der Waals surface area contributed by atoms with Crippen LogP contribution in [-0.4, -0.2) is 42.7 Å². The number of methoxy groups -OCH3 is 2. The van der Waals surface area contributed by atoms with Crippen molar-refractivity contribution in [3.05, 3.63) is 6.07 Å². The Morgan fingerprint density at radius 1 is 1.25 bits per heavy atom. The minimum atomic E-state index is -0.133. The third kappa shape index (κ3) is 5.83. The molecule has 0 saturated carbocycles. The lowest BCUT2D eigenvalue weighted by Crippen LogP contribution is -2.25. The zero-order valence-corrected chi connectivity index (χ0v) is 12.4. The maximum atomic E-state index is 11.8. The molecule has 0 atom stereocenters. The molecule has 20 heavy (non-hydrogen) atoms. The number of nitrogens with one attached hydrogen (secondary N) is 2. The topological polar surface area (TPSA) is 85.4 Å². The number of carbonyl (C=O) groups is 1. The van der Waals surface area contributed by atoms with Crippen LogP contribution < -0.4 is 20.1 Å². The van der Waals surface area contributed by atoms with Gasteiger partial charge < -0.3 is 14.8 Å². The fourth-order valence-corrected chi connectivity index (χ4v) is 1.50. The van der Waals surface area contributed by atoms with Crippen LogP contribution in [0, 0.1) is 0 Å². The summed E-state index contributed by atoms with van der Waals surface area (Å²) in [5, 5.41) is 5.88. The summed E-state index contributed by atoms with van der Waals surface area (Å²) in [6.45, 7) is 4.93. The molecular weight excluding hydrogens is 260 g/mol. The Kier molecular flexibility index (Phi) is 6.72. The summed E-state index contributed by atoms with van der Waals surface area (Å²) in [5.41, 5.74) is 0. The Balaban J connectivity index is 2.48. The minimum Gasteiger partial charge on any atom is -0.481 e. The molecule has 0 saturated heterocycles. The maximum absolute atomic E-state index is 11.8. The monoisotopic (exact) mass is 282 g/mol. The largest absolute Gasteiger partial charge is 0.481 e. The van der Waals surface area contributed by atoms with E-state index in [-0.39, 0.29) is 11.9 Å². The van der Waals surface area contributed by atoms with Crippen molar-refractivity contribution in [3.8, 4) is 11.8 Å². The molecule has 112 valence electrons. The van der Waals surface area contributed by atoms with Crippen LogP contribution in [0.4, 0.5) is 5.95 Å². The van der Waals surface area contributed by atoms with Gasteiger partial charge in [0, 0.05) is 12.5 Å². The first-order chi connectivity index (χ1) is 9.55. The Bertz CT molecular complexity index is 415. The lowest BCUT2D eigenvalue weighted by Gasteiger charge is -2.09. The van der Waals surface area contributed by atoms with E-state index in [0.29, 0.717) is 24.2 Å². The summed E-state index contributed by atoms with van der Waals surface area (Å²) in [5.74, 6) is 0.733. The molecular formula is C13H22N4O3.